The van der Waals surface area contributed by atoms with Gasteiger partial charge in [-0.15, -0.1) is 0 Å². The van der Waals surface area contributed by atoms with Gasteiger partial charge >= 0.3 is 5.97 Å². The van der Waals surface area contributed by atoms with Crippen LogP contribution in [-0.2, 0) is 23.7 Å². The minimum atomic E-state index is -0.405. The molecule has 2 saturated heterocycles. The van der Waals surface area contributed by atoms with Gasteiger partial charge in [-0.1, -0.05) is 0 Å². The smallest absolute Gasteiger partial charge is 0.325 e. The predicted octanol–water partition coefficient (Wildman–Crippen LogP) is 0.551. The van der Waals surface area contributed by atoms with Crippen LogP contribution >= 0.6 is 0 Å². The van der Waals surface area contributed by atoms with Crippen molar-refractivity contribution < 1.29 is 23.7 Å². The summed E-state index contributed by atoms with van der Waals surface area (Å²) in [5.74, 6) is -0.633. The fourth-order valence-corrected chi connectivity index (χ4v) is 3.12. The van der Waals surface area contributed by atoms with Crippen molar-refractivity contribution in [3.8, 4) is 0 Å². The summed E-state index contributed by atoms with van der Waals surface area (Å²) in [6, 6.07) is -0.348. The van der Waals surface area contributed by atoms with Crippen LogP contribution in [0.2, 0.25) is 0 Å². The summed E-state index contributed by atoms with van der Waals surface area (Å²) in [7, 11) is 0. The van der Waals surface area contributed by atoms with Gasteiger partial charge < -0.3 is 18.9 Å². The first-order valence-electron chi connectivity index (χ1n) is 7.03. The number of nitrogens with one attached hydrogen (secondary N) is 1. The Labute approximate surface area is 112 Å². The van der Waals surface area contributed by atoms with Crippen molar-refractivity contribution in [3.05, 3.63) is 0 Å². The van der Waals surface area contributed by atoms with Crippen molar-refractivity contribution in [2.24, 2.45) is 0 Å². The zero-order valence-corrected chi connectivity index (χ0v) is 11.3. The molecule has 0 amide bonds. The summed E-state index contributed by atoms with van der Waals surface area (Å²) in [5.41, 5.74) is -0.405. The first-order chi connectivity index (χ1) is 9.17. The molecule has 0 bridgehead atoms. The summed E-state index contributed by atoms with van der Waals surface area (Å²) < 4.78 is 22.3. The molecule has 1 unspecified atom stereocenters. The second-order valence-electron chi connectivity index (χ2n) is 5.36. The van der Waals surface area contributed by atoms with Gasteiger partial charge in [0, 0.05) is 12.8 Å². The molecule has 2 heterocycles. The fourth-order valence-electron chi connectivity index (χ4n) is 3.12. The predicted molar refractivity (Wildman–Crippen MR) is 65.3 cm³/mol. The lowest BCUT2D eigenvalue weighted by atomic mass is 9.87. The zero-order chi connectivity index (χ0) is 13.3. The van der Waals surface area contributed by atoms with Gasteiger partial charge in [-0.25, -0.2) is 0 Å². The van der Waals surface area contributed by atoms with E-state index in [1.807, 2.05) is 6.92 Å². The third-order valence-electron chi connectivity index (χ3n) is 4.17. The van der Waals surface area contributed by atoms with Gasteiger partial charge in [0.1, 0.15) is 11.8 Å². The average molecular weight is 271 g/mol. The zero-order valence-electron chi connectivity index (χ0n) is 11.3. The second-order valence-corrected chi connectivity index (χ2v) is 5.36. The Bertz CT molecular complexity index is 343. The molecule has 2 spiro atoms. The summed E-state index contributed by atoms with van der Waals surface area (Å²) in [4.78, 5) is 11.7. The van der Waals surface area contributed by atoms with Crippen LogP contribution in [0.25, 0.3) is 0 Å². The lowest BCUT2D eigenvalue weighted by Crippen LogP contribution is -2.52. The molecule has 0 aromatic rings. The lowest BCUT2D eigenvalue weighted by molar-refractivity contribution is -0.206. The summed E-state index contributed by atoms with van der Waals surface area (Å²) >= 11 is 0. The van der Waals surface area contributed by atoms with Gasteiger partial charge in [-0.3, -0.25) is 10.1 Å². The number of hydrogen-bond acceptors (Lipinski definition) is 6. The van der Waals surface area contributed by atoms with Crippen molar-refractivity contribution >= 4 is 5.97 Å². The molecule has 6 heteroatoms. The number of rotatable bonds is 2. The first-order valence-corrected chi connectivity index (χ1v) is 7.03. The van der Waals surface area contributed by atoms with Crippen LogP contribution in [0, 0.1) is 0 Å². The topological polar surface area (TPSA) is 66.0 Å². The van der Waals surface area contributed by atoms with Crippen LogP contribution in [0.1, 0.15) is 32.6 Å². The van der Waals surface area contributed by atoms with E-state index in [2.05, 4.69) is 5.32 Å². The Morgan fingerprint density at radius 2 is 1.89 bits per heavy atom. The van der Waals surface area contributed by atoms with Gasteiger partial charge in [0.2, 0.25) is 0 Å². The molecule has 3 rings (SSSR count). The van der Waals surface area contributed by atoms with Gasteiger partial charge in [0.15, 0.2) is 5.79 Å². The molecular formula is C13H21NO5. The van der Waals surface area contributed by atoms with E-state index >= 15 is 0 Å². The minimum absolute atomic E-state index is 0.229. The summed E-state index contributed by atoms with van der Waals surface area (Å²) in [6.07, 6.45) is 3.19. The summed E-state index contributed by atoms with van der Waals surface area (Å²) in [6.45, 7) is 3.93. The molecule has 1 saturated carbocycles. The Hall–Kier alpha value is -0.690. The molecule has 3 fully saturated rings. The third-order valence-corrected chi connectivity index (χ3v) is 4.17. The maximum atomic E-state index is 11.7. The monoisotopic (exact) mass is 271 g/mol. The molecule has 1 N–H and O–H groups in total. The number of ether oxygens (including phenoxy) is 4. The SMILES string of the molecule is CCOC(=O)C1COC2(CCC3(CC2)OCCO3)N1. The van der Waals surface area contributed by atoms with E-state index in [9.17, 15) is 4.79 Å². The quantitative estimate of drug-likeness (QED) is 0.740. The maximum absolute atomic E-state index is 11.7. The van der Waals surface area contributed by atoms with Crippen molar-refractivity contribution in [1.82, 2.24) is 5.32 Å². The molecule has 0 aromatic carbocycles. The van der Waals surface area contributed by atoms with E-state index in [1.54, 1.807) is 0 Å². The highest BCUT2D eigenvalue weighted by Gasteiger charge is 2.51. The molecule has 0 aromatic heterocycles. The Morgan fingerprint density at radius 1 is 1.21 bits per heavy atom. The number of hydrogen-bond donors (Lipinski definition) is 1. The first kappa shape index (κ1) is 13.3. The van der Waals surface area contributed by atoms with Gasteiger partial charge in [0.05, 0.1) is 26.4 Å². The minimum Gasteiger partial charge on any atom is -0.465 e. The highest BCUT2D eigenvalue weighted by atomic mass is 16.7. The number of carbonyl (C=O) groups excluding carboxylic acids is 1. The van der Waals surface area contributed by atoms with Crippen LogP contribution in [0.15, 0.2) is 0 Å². The van der Waals surface area contributed by atoms with Crippen LogP contribution < -0.4 is 5.32 Å². The van der Waals surface area contributed by atoms with E-state index in [-0.39, 0.29) is 12.0 Å². The molecule has 2 aliphatic heterocycles. The fraction of sp³-hybridized carbons (Fsp3) is 0.923. The molecule has 0 radical (unpaired) electrons. The van der Waals surface area contributed by atoms with Crippen molar-refractivity contribution in [2.75, 3.05) is 26.4 Å². The van der Waals surface area contributed by atoms with E-state index in [4.69, 9.17) is 18.9 Å². The lowest BCUT2D eigenvalue weighted by Gasteiger charge is -2.40. The van der Waals surface area contributed by atoms with Crippen LogP contribution in [0.5, 0.6) is 0 Å². The largest absolute Gasteiger partial charge is 0.465 e. The van der Waals surface area contributed by atoms with Gasteiger partial charge in [0.25, 0.3) is 0 Å². The van der Waals surface area contributed by atoms with Crippen molar-refractivity contribution in [3.63, 3.8) is 0 Å². The van der Waals surface area contributed by atoms with Crippen molar-refractivity contribution in [2.45, 2.75) is 50.2 Å². The Kier molecular flexibility index (Phi) is 3.51. The highest BCUT2D eigenvalue weighted by Crippen LogP contribution is 2.42. The highest BCUT2D eigenvalue weighted by molar-refractivity contribution is 5.76. The molecule has 3 aliphatic rings. The Balaban J connectivity index is 1.57. The molecule has 6 nitrogen and oxygen atoms in total. The normalized spacial score (nSPS) is 31.9. The molecule has 19 heavy (non-hydrogen) atoms. The second kappa shape index (κ2) is 5.01. The molecular weight excluding hydrogens is 250 g/mol. The maximum Gasteiger partial charge on any atom is 0.325 e. The number of esters is 1. The number of carbonyl (C=O) groups is 1. The van der Waals surface area contributed by atoms with Crippen LogP contribution in [0.3, 0.4) is 0 Å². The standard InChI is InChI=1S/C13H21NO5/c1-2-16-11(15)10-9-19-12(14-10)3-5-13(6-4-12)17-7-8-18-13/h10,14H,2-9H2,1H3. The summed E-state index contributed by atoms with van der Waals surface area (Å²) in [5, 5.41) is 3.29. The van der Waals surface area contributed by atoms with E-state index < -0.39 is 11.5 Å². The third kappa shape index (κ3) is 2.50. The molecule has 1 atom stereocenters. The Morgan fingerprint density at radius 3 is 2.53 bits per heavy atom. The van der Waals surface area contributed by atoms with Crippen LogP contribution in [0.4, 0.5) is 0 Å². The average Bonchev–Trinajstić information content (AvgIpc) is 3.02. The van der Waals surface area contributed by atoms with Crippen molar-refractivity contribution in [1.29, 1.82) is 0 Å². The van der Waals surface area contributed by atoms with Gasteiger partial charge in [-0.05, 0) is 19.8 Å². The van der Waals surface area contributed by atoms with E-state index in [0.29, 0.717) is 26.4 Å². The van der Waals surface area contributed by atoms with E-state index in [1.165, 1.54) is 0 Å². The van der Waals surface area contributed by atoms with Gasteiger partial charge in [-0.2, -0.15) is 0 Å². The molecule has 1 aliphatic carbocycles. The molecule has 108 valence electrons. The van der Waals surface area contributed by atoms with Crippen LogP contribution in [-0.4, -0.2) is 50.0 Å². The van der Waals surface area contributed by atoms with E-state index in [0.717, 1.165) is 25.7 Å².